The molecule has 6 nitrogen and oxygen atoms in total. The van der Waals surface area contributed by atoms with Gasteiger partial charge in [-0.2, -0.15) is 0 Å². The van der Waals surface area contributed by atoms with Gasteiger partial charge in [0.2, 0.25) is 0 Å². The summed E-state index contributed by atoms with van der Waals surface area (Å²) in [6.45, 7) is 1.93. The van der Waals surface area contributed by atoms with Gasteiger partial charge in [-0.05, 0) is 43.0 Å². The Hall–Kier alpha value is -2.80. The normalized spacial score (nSPS) is 16.9. The van der Waals surface area contributed by atoms with Crippen molar-refractivity contribution in [3.63, 3.8) is 0 Å². The molecule has 1 fully saturated rings. The molecule has 2 aromatic carbocycles. The second-order valence-electron chi connectivity index (χ2n) is 5.45. The molecular formula is C18H16N2O4S. The molecular weight excluding hydrogens is 340 g/mol. The van der Waals surface area contributed by atoms with E-state index < -0.39 is 11.3 Å². The molecule has 128 valence electrons. The smallest absolute Gasteiger partial charge is 0.339 e. The number of anilines is 2. The number of thioether (sulfide) groups is 1. The van der Waals surface area contributed by atoms with E-state index in [1.165, 1.54) is 7.11 Å². The molecule has 7 heteroatoms. The molecule has 1 N–H and O–H groups in total. The third kappa shape index (κ3) is 3.36. The van der Waals surface area contributed by atoms with Crippen LogP contribution in [0, 0.1) is 6.92 Å². The average Bonchev–Trinajstić information content (AvgIpc) is 2.89. The highest BCUT2D eigenvalue weighted by atomic mass is 32.2. The number of nitrogens with one attached hydrogen (secondary N) is 1. The maximum absolute atomic E-state index is 12.7. The molecule has 3 rings (SSSR count). The monoisotopic (exact) mass is 356 g/mol. The molecule has 0 spiro atoms. The summed E-state index contributed by atoms with van der Waals surface area (Å²) in [5, 5.41) is 1.80. The van der Waals surface area contributed by atoms with Crippen molar-refractivity contribution >= 4 is 40.3 Å². The van der Waals surface area contributed by atoms with Gasteiger partial charge in [-0.25, -0.2) is 9.69 Å². The fourth-order valence-corrected chi connectivity index (χ4v) is 3.36. The minimum Gasteiger partial charge on any atom is -0.465 e. The van der Waals surface area contributed by atoms with Gasteiger partial charge in [0.15, 0.2) is 5.37 Å². The van der Waals surface area contributed by atoms with Crippen LogP contribution >= 0.6 is 11.8 Å². The van der Waals surface area contributed by atoms with Gasteiger partial charge in [0.05, 0.1) is 18.4 Å². The van der Waals surface area contributed by atoms with Crippen LogP contribution < -0.4 is 10.2 Å². The van der Waals surface area contributed by atoms with E-state index >= 15 is 0 Å². The Kier molecular flexibility index (Phi) is 4.76. The second-order valence-corrected chi connectivity index (χ2v) is 6.51. The number of esters is 1. The van der Waals surface area contributed by atoms with Gasteiger partial charge >= 0.3 is 5.97 Å². The number of imide groups is 1. The quantitative estimate of drug-likeness (QED) is 0.846. The summed E-state index contributed by atoms with van der Waals surface area (Å²) >= 11 is 0.878. The van der Waals surface area contributed by atoms with Gasteiger partial charge in [-0.1, -0.05) is 29.8 Å². The lowest BCUT2D eigenvalue weighted by molar-refractivity contribution is -0.116. The number of nitrogens with zero attached hydrogens (tertiary/aromatic N) is 1. The summed E-state index contributed by atoms with van der Waals surface area (Å²) in [6.07, 6.45) is 0. The van der Waals surface area contributed by atoms with E-state index in [-0.39, 0.29) is 11.1 Å². The van der Waals surface area contributed by atoms with Crippen molar-refractivity contribution in [2.45, 2.75) is 12.3 Å². The zero-order chi connectivity index (χ0) is 18.0. The first-order chi connectivity index (χ1) is 12.0. The van der Waals surface area contributed by atoms with Crippen LogP contribution in [-0.4, -0.2) is 29.6 Å². The van der Waals surface area contributed by atoms with Gasteiger partial charge in [0.25, 0.3) is 11.1 Å². The predicted octanol–water partition coefficient (Wildman–Crippen LogP) is 3.42. The molecule has 1 unspecified atom stereocenters. The number of hydrogen-bond donors (Lipinski definition) is 1. The van der Waals surface area contributed by atoms with Crippen LogP contribution in [0.5, 0.6) is 0 Å². The minimum absolute atomic E-state index is 0.305. The van der Waals surface area contributed by atoms with Gasteiger partial charge in [-0.15, -0.1) is 0 Å². The molecule has 1 heterocycles. The summed E-state index contributed by atoms with van der Waals surface area (Å²) in [4.78, 5) is 37.9. The number of hydrogen-bond acceptors (Lipinski definition) is 6. The zero-order valence-corrected chi connectivity index (χ0v) is 14.5. The number of rotatable bonds is 4. The molecule has 0 bridgehead atoms. The number of aryl methyl sites for hydroxylation is 1. The number of amides is 2. The number of methoxy groups -OCH3 is 1. The predicted molar refractivity (Wildman–Crippen MR) is 96.8 cm³/mol. The van der Waals surface area contributed by atoms with Crippen molar-refractivity contribution in [1.82, 2.24) is 0 Å². The largest absolute Gasteiger partial charge is 0.465 e. The first-order valence-corrected chi connectivity index (χ1v) is 8.44. The van der Waals surface area contributed by atoms with E-state index in [4.69, 9.17) is 4.74 Å². The fraction of sp³-hybridized carbons (Fsp3) is 0.167. The Morgan fingerprint density at radius 3 is 2.48 bits per heavy atom. The van der Waals surface area contributed by atoms with E-state index in [9.17, 15) is 14.4 Å². The number of ether oxygens (including phenoxy) is 1. The van der Waals surface area contributed by atoms with E-state index in [0.717, 1.165) is 22.2 Å². The van der Waals surface area contributed by atoms with Crippen LogP contribution in [0.25, 0.3) is 0 Å². The van der Waals surface area contributed by atoms with E-state index in [1.807, 2.05) is 19.1 Å². The van der Waals surface area contributed by atoms with Crippen molar-refractivity contribution < 1.29 is 19.1 Å². The number of benzene rings is 2. The van der Waals surface area contributed by atoms with Crippen molar-refractivity contribution in [2.75, 3.05) is 17.3 Å². The molecule has 1 atom stereocenters. The summed E-state index contributed by atoms with van der Waals surface area (Å²) in [6, 6.07) is 13.8. The standard InChI is InChI=1S/C18H16N2O4S/c1-11-7-9-12(10-8-11)20-16(21)15(25-18(20)23)19-14-6-4-3-5-13(14)17(22)24-2/h3-10,15,19H,1-2H3. The highest BCUT2D eigenvalue weighted by Gasteiger charge is 2.41. The van der Waals surface area contributed by atoms with Gasteiger partial charge in [0, 0.05) is 5.69 Å². The highest BCUT2D eigenvalue weighted by molar-refractivity contribution is 8.16. The van der Waals surface area contributed by atoms with Crippen LogP contribution in [0.2, 0.25) is 0 Å². The van der Waals surface area contributed by atoms with Crippen LogP contribution in [0.4, 0.5) is 16.2 Å². The third-order valence-corrected chi connectivity index (χ3v) is 4.70. The Bertz CT molecular complexity index is 835. The van der Waals surface area contributed by atoms with Crippen molar-refractivity contribution in [3.8, 4) is 0 Å². The van der Waals surface area contributed by atoms with Gasteiger partial charge < -0.3 is 10.1 Å². The van der Waals surface area contributed by atoms with Crippen LogP contribution in [0.1, 0.15) is 15.9 Å². The maximum Gasteiger partial charge on any atom is 0.339 e. The van der Waals surface area contributed by atoms with E-state index in [2.05, 4.69) is 5.32 Å². The topological polar surface area (TPSA) is 75.7 Å². The van der Waals surface area contributed by atoms with Crippen LogP contribution in [-0.2, 0) is 9.53 Å². The molecule has 0 aliphatic carbocycles. The molecule has 0 saturated carbocycles. The molecule has 25 heavy (non-hydrogen) atoms. The van der Waals surface area contributed by atoms with Crippen molar-refractivity contribution in [1.29, 1.82) is 0 Å². The summed E-state index contributed by atoms with van der Waals surface area (Å²) in [5.74, 6) is -0.890. The van der Waals surface area contributed by atoms with Gasteiger partial charge in [0.1, 0.15) is 0 Å². The summed E-state index contributed by atoms with van der Waals surface area (Å²) < 4.78 is 4.74. The molecule has 2 amide bonds. The summed E-state index contributed by atoms with van der Waals surface area (Å²) in [5.41, 5.74) is 2.31. The SMILES string of the molecule is COC(=O)c1ccccc1NC1SC(=O)N(c2ccc(C)cc2)C1=O. The summed E-state index contributed by atoms with van der Waals surface area (Å²) in [7, 11) is 1.29. The lowest BCUT2D eigenvalue weighted by atomic mass is 10.2. The van der Waals surface area contributed by atoms with E-state index in [0.29, 0.717) is 16.9 Å². The van der Waals surface area contributed by atoms with Crippen LogP contribution in [0.15, 0.2) is 48.5 Å². The van der Waals surface area contributed by atoms with Crippen molar-refractivity contribution in [2.24, 2.45) is 0 Å². The molecule has 0 radical (unpaired) electrons. The number of carbonyl (C=O) groups is 3. The Morgan fingerprint density at radius 1 is 1.12 bits per heavy atom. The Balaban J connectivity index is 1.84. The zero-order valence-electron chi connectivity index (χ0n) is 13.7. The van der Waals surface area contributed by atoms with E-state index in [1.54, 1.807) is 36.4 Å². The minimum atomic E-state index is -0.806. The molecule has 1 aliphatic heterocycles. The first-order valence-electron chi connectivity index (χ1n) is 7.56. The fourth-order valence-electron chi connectivity index (χ4n) is 2.47. The molecule has 2 aromatic rings. The second kappa shape index (κ2) is 6.98. The Morgan fingerprint density at radius 2 is 1.80 bits per heavy atom. The highest BCUT2D eigenvalue weighted by Crippen LogP contribution is 2.33. The number of carbonyl (C=O) groups excluding carboxylic acids is 3. The lowest BCUT2D eigenvalue weighted by Gasteiger charge is -2.16. The lowest BCUT2D eigenvalue weighted by Crippen LogP contribution is -2.34. The third-order valence-electron chi connectivity index (χ3n) is 3.76. The molecule has 1 saturated heterocycles. The molecule has 1 aliphatic rings. The molecule has 0 aromatic heterocycles. The first kappa shape index (κ1) is 17.0. The van der Waals surface area contributed by atoms with Gasteiger partial charge in [-0.3, -0.25) is 9.59 Å². The number of para-hydroxylation sites is 1. The average molecular weight is 356 g/mol. The van der Waals surface area contributed by atoms with Crippen LogP contribution in [0.3, 0.4) is 0 Å². The maximum atomic E-state index is 12.7. The Labute approximate surface area is 149 Å². The van der Waals surface area contributed by atoms with Crippen molar-refractivity contribution in [3.05, 3.63) is 59.7 Å².